The lowest BCUT2D eigenvalue weighted by atomic mass is 10.1. The lowest BCUT2D eigenvalue weighted by Crippen LogP contribution is -2.32. The van der Waals surface area contributed by atoms with Crippen LogP contribution in [0.5, 0.6) is 0 Å². The van der Waals surface area contributed by atoms with Gasteiger partial charge < -0.3 is 4.74 Å². The summed E-state index contributed by atoms with van der Waals surface area (Å²) in [5.74, 6) is 5.06. The summed E-state index contributed by atoms with van der Waals surface area (Å²) in [4.78, 5) is 0. The molecule has 1 atom stereocenters. The molecule has 3 nitrogen and oxygen atoms in total. The Labute approximate surface area is 99.7 Å². The van der Waals surface area contributed by atoms with Crippen LogP contribution in [0.1, 0.15) is 25.5 Å². The molecule has 1 aromatic rings. The molecule has 0 saturated carbocycles. The van der Waals surface area contributed by atoms with Crippen molar-refractivity contribution in [1.82, 2.24) is 5.43 Å². The van der Waals surface area contributed by atoms with E-state index in [-0.39, 0.29) is 18.0 Å². The molecule has 0 aromatic heterocycles. The summed E-state index contributed by atoms with van der Waals surface area (Å²) in [5, 5.41) is 0.469. The second-order valence-corrected chi connectivity index (χ2v) is 4.17. The van der Waals surface area contributed by atoms with Gasteiger partial charge in [-0.1, -0.05) is 11.6 Å². The zero-order chi connectivity index (χ0) is 12.1. The third-order valence-electron chi connectivity index (χ3n) is 2.13. The molecule has 5 heteroatoms. The highest BCUT2D eigenvalue weighted by Crippen LogP contribution is 2.24. The van der Waals surface area contributed by atoms with E-state index in [0.29, 0.717) is 17.2 Å². The Kier molecular flexibility index (Phi) is 5.15. The summed E-state index contributed by atoms with van der Waals surface area (Å²) < 4.78 is 18.5. The minimum Gasteiger partial charge on any atom is -0.377 e. The van der Waals surface area contributed by atoms with Crippen LogP contribution in [-0.2, 0) is 4.74 Å². The van der Waals surface area contributed by atoms with E-state index in [1.54, 1.807) is 0 Å². The highest BCUT2D eigenvalue weighted by atomic mass is 35.5. The molecule has 0 bridgehead atoms. The maximum absolute atomic E-state index is 13.1. The molecule has 0 spiro atoms. The van der Waals surface area contributed by atoms with E-state index < -0.39 is 0 Å². The molecular weight excluding hydrogens is 231 g/mol. The van der Waals surface area contributed by atoms with Crippen LogP contribution in [-0.4, -0.2) is 12.7 Å². The third-order valence-corrected chi connectivity index (χ3v) is 2.48. The third kappa shape index (κ3) is 3.72. The van der Waals surface area contributed by atoms with Crippen LogP contribution in [0.15, 0.2) is 18.2 Å². The van der Waals surface area contributed by atoms with Gasteiger partial charge in [0, 0.05) is 5.02 Å². The number of ether oxygens (including phenoxy) is 1. The van der Waals surface area contributed by atoms with Gasteiger partial charge in [0.1, 0.15) is 5.82 Å². The maximum Gasteiger partial charge on any atom is 0.123 e. The summed E-state index contributed by atoms with van der Waals surface area (Å²) >= 11 is 5.97. The molecule has 1 rings (SSSR count). The number of benzene rings is 1. The Bertz CT molecular complexity index is 347. The second-order valence-electron chi connectivity index (χ2n) is 3.77. The number of hydrogen-bond acceptors (Lipinski definition) is 3. The average Bonchev–Trinajstić information content (AvgIpc) is 2.23. The standard InChI is InChI=1S/C11H16ClFN2O/c1-7(2)16-6-11(15-14)9-5-8(13)3-4-10(9)12/h3-5,7,11,15H,6,14H2,1-2H3. The van der Waals surface area contributed by atoms with Gasteiger partial charge in [-0.3, -0.25) is 11.3 Å². The zero-order valence-corrected chi connectivity index (χ0v) is 10.1. The minimum absolute atomic E-state index is 0.0863. The van der Waals surface area contributed by atoms with Gasteiger partial charge in [-0.25, -0.2) is 4.39 Å². The van der Waals surface area contributed by atoms with Crippen molar-refractivity contribution in [3.05, 3.63) is 34.6 Å². The topological polar surface area (TPSA) is 47.3 Å². The van der Waals surface area contributed by atoms with Gasteiger partial charge in [0.2, 0.25) is 0 Å². The number of hydrogen-bond donors (Lipinski definition) is 2. The van der Waals surface area contributed by atoms with Gasteiger partial charge in [-0.2, -0.15) is 0 Å². The fourth-order valence-corrected chi connectivity index (χ4v) is 1.55. The van der Waals surface area contributed by atoms with Crippen LogP contribution >= 0.6 is 11.6 Å². The summed E-state index contributed by atoms with van der Waals surface area (Å²) in [5.41, 5.74) is 3.17. The van der Waals surface area contributed by atoms with Gasteiger partial charge in [0.25, 0.3) is 0 Å². The molecule has 0 amide bonds. The van der Waals surface area contributed by atoms with Crippen molar-refractivity contribution in [3.8, 4) is 0 Å². The first kappa shape index (κ1) is 13.4. The average molecular weight is 247 g/mol. The Morgan fingerprint density at radius 2 is 2.19 bits per heavy atom. The molecule has 1 aromatic carbocycles. The van der Waals surface area contributed by atoms with Gasteiger partial charge in [-0.15, -0.1) is 0 Å². The number of rotatable bonds is 5. The lowest BCUT2D eigenvalue weighted by molar-refractivity contribution is 0.0611. The largest absolute Gasteiger partial charge is 0.377 e. The number of nitrogens with two attached hydrogens (primary N) is 1. The van der Waals surface area contributed by atoms with E-state index in [1.807, 2.05) is 13.8 Å². The molecule has 0 radical (unpaired) electrons. The highest BCUT2D eigenvalue weighted by Gasteiger charge is 2.15. The Morgan fingerprint density at radius 1 is 1.50 bits per heavy atom. The van der Waals surface area contributed by atoms with Crippen molar-refractivity contribution in [1.29, 1.82) is 0 Å². The summed E-state index contributed by atoms with van der Waals surface area (Å²) in [7, 11) is 0. The molecule has 0 aliphatic carbocycles. The lowest BCUT2D eigenvalue weighted by Gasteiger charge is -2.19. The van der Waals surface area contributed by atoms with Crippen LogP contribution in [0.2, 0.25) is 5.02 Å². The van der Waals surface area contributed by atoms with Crippen molar-refractivity contribution in [2.24, 2.45) is 5.84 Å². The van der Waals surface area contributed by atoms with Crippen LogP contribution in [0, 0.1) is 5.82 Å². The van der Waals surface area contributed by atoms with E-state index in [0.717, 1.165) is 0 Å². The van der Waals surface area contributed by atoms with E-state index in [1.165, 1.54) is 18.2 Å². The van der Waals surface area contributed by atoms with Crippen molar-refractivity contribution >= 4 is 11.6 Å². The summed E-state index contributed by atoms with van der Waals surface area (Å²) in [6.45, 7) is 4.18. The molecule has 0 aliphatic heterocycles. The van der Waals surface area contributed by atoms with Crippen LogP contribution in [0.3, 0.4) is 0 Å². The monoisotopic (exact) mass is 246 g/mol. The molecule has 0 aliphatic rings. The molecule has 0 saturated heterocycles. The van der Waals surface area contributed by atoms with Crippen molar-refractivity contribution < 1.29 is 9.13 Å². The maximum atomic E-state index is 13.1. The van der Waals surface area contributed by atoms with Crippen LogP contribution < -0.4 is 11.3 Å². The van der Waals surface area contributed by atoms with Gasteiger partial charge in [0.05, 0.1) is 18.8 Å². The molecule has 1 unspecified atom stereocenters. The first-order valence-electron chi connectivity index (χ1n) is 5.07. The zero-order valence-electron chi connectivity index (χ0n) is 9.34. The fraction of sp³-hybridized carbons (Fsp3) is 0.455. The predicted octanol–water partition coefficient (Wildman–Crippen LogP) is 2.41. The quantitative estimate of drug-likeness (QED) is 0.620. The first-order valence-corrected chi connectivity index (χ1v) is 5.45. The Morgan fingerprint density at radius 3 is 2.75 bits per heavy atom. The predicted molar refractivity (Wildman–Crippen MR) is 62.6 cm³/mol. The molecule has 0 fully saturated rings. The van der Waals surface area contributed by atoms with Crippen molar-refractivity contribution in [2.45, 2.75) is 26.0 Å². The Hall–Kier alpha value is -0.680. The molecule has 90 valence electrons. The van der Waals surface area contributed by atoms with E-state index >= 15 is 0 Å². The summed E-state index contributed by atoms with van der Waals surface area (Å²) in [6.07, 6.45) is 0.0863. The molecule has 3 N–H and O–H groups in total. The summed E-state index contributed by atoms with van der Waals surface area (Å²) in [6, 6.07) is 3.86. The number of nitrogens with one attached hydrogen (secondary N) is 1. The van der Waals surface area contributed by atoms with Crippen LogP contribution in [0.4, 0.5) is 4.39 Å². The second kappa shape index (κ2) is 6.15. The normalized spacial score (nSPS) is 13.1. The molecular formula is C11H16ClFN2O. The van der Waals surface area contributed by atoms with E-state index in [9.17, 15) is 4.39 Å². The highest BCUT2D eigenvalue weighted by molar-refractivity contribution is 6.31. The van der Waals surface area contributed by atoms with Crippen molar-refractivity contribution in [3.63, 3.8) is 0 Å². The van der Waals surface area contributed by atoms with Gasteiger partial charge in [0.15, 0.2) is 0 Å². The van der Waals surface area contributed by atoms with Gasteiger partial charge in [-0.05, 0) is 37.6 Å². The van der Waals surface area contributed by atoms with E-state index in [2.05, 4.69) is 5.43 Å². The first-order chi connectivity index (χ1) is 7.54. The fourth-order valence-electron chi connectivity index (χ4n) is 1.30. The SMILES string of the molecule is CC(C)OCC(NN)c1cc(F)ccc1Cl. The number of halogens is 2. The Balaban J connectivity index is 2.81. The molecule has 16 heavy (non-hydrogen) atoms. The van der Waals surface area contributed by atoms with Crippen molar-refractivity contribution in [2.75, 3.05) is 6.61 Å². The van der Waals surface area contributed by atoms with Crippen LogP contribution in [0.25, 0.3) is 0 Å². The molecule has 0 heterocycles. The van der Waals surface area contributed by atoms with E-state index in [4.69, 9.17) is 22.2 Å². The smallest absolute Gasteiger partial charge is 0.123 e. The van der Waals surface area contributed by atoms with Gasteiger partial charge >= 0.3 is 0 Å². The minimum atomic E-state index is -0.343. The number of hydrazine groups is 1.